The molecule has 0 aromatic carbocycles. The number of aliphatic hydroxyl groups is 2. The van der Waals surface area contributed by atoms with Crippen molar-refractivity contribution in [1.82, 2.24) is 0 Å². The molecule has 100 valence electrons. The molecule has 0 aromatic heterocycles. The van der Waals surface area contributed by atoms with E-state index in [1.54, 1.807) is 0 Å². The SMILES string of the molecule is C/C(N)=N/[C@@H]1O[C@H](COP(=O)(O)O)[C@@H](O)[C@H]1O. The molecule has 0 aliphatic carbocycles. The van der Waals surface area contributed by atoms with Crippen LogP contribution in [0.4, 0.5) is 0 Å². The lowest BCUT2D eigenvalue weighted by Crippen LogP contribution is -2.34. The Hall–Kier alpha value is -0.540. The Morgan fingerprint density at radius 3 is 2.53 bits per heavy atom. The molecule has 1 aliphatic heterocycles. The zero-order valence-corrected chi connectivity index (χ0v) is 9.90. The molecule has 0 aromatic rings. The fourth-order valence-corrected chi connectivity index (χ4v) is 1.69. The van der Waals surface area contributed by atoms with E-state index in [0.29, 0.717) is 0 Å². The molecular weight excluding hydrogens is 255 g/mol. The van der Waals surface area contributed by atoms with Crippen molar-refractivity contribution < 1.29 is 33.8 Å². The maximum Gasteiger partial charge on any atom is 0.469 e. The lowest BCUT2D eigenvalue weighted by Gasteiger charge is -2.14. The van der Waals surface area contributed by atoms with Gasteiger partial charge in [-0.15, -0.1) is 0 Å². The van der Waals surface area contributed by atoms with Crippen molar-refractivity contribution in [2.24, 2.45) is 10.7 Å². The van der Waals surface area contributed by atoms with Gasteiger partial charge in [-0.2, -0.15) is 0 Å². The van der Waals surface area contributed by atoms with Crippen LogP contribution in [0.15, 0.2) is 4.99 Å². The molecule has 4 atom stereocenters. The summed E-state index contributed by atoms with van der Waals surface area (Å²) in [4.78, 5) is 20.7. The van der Waals surface area contributed by atoms with Crippen LogP contribution in [0.5, 0.6) is 0 Å². The number of nitrogens with two attached hydrogens (primary N) is 1. The van der Waals surface area contributed by atoms with Gasteiger partial charge >= 0.3 is 7.82 Å². The van der Waals surface area contributed by atoms with Gasteiger partial charge in [0.15, 0.2) is 6.23 Å². The number of aliphatic imine (C=N–C) groups is 1. The Morgan fingerprint density at radius 1 is 1.47 bits per heavy atom. The van der Waals surface area contributed by atoms with Crippen molar-refractivity contribution in [3.05, 3.63) is 0 Å². The number of phosphoric acid groups is 1. The van der Waals surface area contributed by atoms with Crippen molar-refractivity contribution in [3.8, 4) is 0 Å². The smallest absolute Gasteiger partial charge is 0.388 e. The summed E-state index contributed by atoms with van der Waals surface area (Å²) in [5.74, 6) is 0.151. The van der Waals surface area contributed by atoms with Crippen LogP contribution in [0.1, 0.15) is 6.92 Å². The number of hydrogen-bond acceptors (Lipinski definition) is 6. The van der Waals surface area contributed by atoms with Crippen LogP contribution in [-0.2, 0) is 13.8 Å². The molecule has 17 heavy (non-hydrogen) atoms. The minimum atomic E-state index is -4.64. The highest BCUT2D eigenvalue weighted by molar-refractivity contribution is 7.46. The van der Waals surface area contributed by atoms with E-state index in [0.717, 1.165) is 0 Å². The van der Waals surface area contributed by atoms with E-state index in [1.165, 1.54) is 6.92 Å². The van der Waals surface area contributed by atoms with Gasteiger partial charge in [0, 0.05) is 0 Å². The van der Waals surface area contributed by atoms with E-state index >= 15 is 0 Å². The summed E-state index contributed by atoms with van der Waals surface area (Å²) >= 11 is 0. The van der Waals surface area contributed by atoms with Gasteiger partial charge in [-0.1, -0.05) is 0 Å². The van der Waals surface area contributed by atoms with E-state index in [1.807, 2.05) is 0 Å². The fraction of sp³-hybridized carbons (Fsp3) is 0.857. The van der Waals surface area contributed by atoms with Crippen LogP contribution < -0.4 is 5.73 Å². The highest BCUT2D eigenvalue weighted by atomic mass is 31.2. The van der Waals surface area contributed by atoms with Crippen LogP contribution in [-0.4, -0.2) is 57.0 Å². The number of nitrogens with zero attached hydrogens (tertiary/aromatic N) is 1. The standard InChI is InChI=1S/C7H15N2O7P/c1-3(8)9-7-6(11)5(10)4(16-7)2-15-17(12,13)14/h4-7,10-11H,2H2,1H3,(H2,8,9)(H2,12,13,14)/t4-,5-,6-,7-/m1/s1. The van der Waals surface area contributed by atoms with Gasteiger partial charge in [-0.05, 0) is 6.92 Å². The van der Waals surface area contributed by atoms with Crippen LogP contribution in [0.25, 0.3) is 0 Å². The van der Waals surface area contributed by atoms with E-state index < -0.39 is 39.0 Å². The van der Waals surface area contributed by atoms with E-state index in [2.05, 4.69) is 9.52 Å². The monoisotopic (exact) mass is 270 g/mol. The largest absolute Gasteiger partial charge is 0.469 e. The second kappa shape index (κ2) is 5.40. The zero-order valence-electron chi connectivity index (χ0n) is 9.00. The normalized spacial score (nSPS) is 35.2. The average Bonchev–Trinajstić information content (AvgIpc) is 2.41. The molecular formula is C7H15N2O7P. The van der Waals surface area contributed by atoms with Crippen LogP contribution in [0.2, 0.25) is 0 Å². The third-order valence-electron chi connectivity index (χ3n) is 2.08. The molecule has 0 radical (unpaired) electrons. The third-order valence-corrected chi connectivity index (χ3v) is 2.56. The van der Waals surface area contributed by atoms with Crippen molar-refractivity contribution in [2.45, 2.75) is 31.5 Å². The van der Waals surface area contributed by atoms with Crippen molar-refractivity contribution in [2.75, 3.05) is 6.61 Å². The van der Waals surface area contributed by atoms with Crippen LogP contribution >= 0.6 is 7.82 Å². The summed E-state index contributed by atoms with van der Waals surface area (Å²) in [6, 6.07) is 0. The predicted molar refractivity (Wildman–Crippen MR) is 56.0 cm³/mol. The molecule has 0 spiro atoms. The molecule has 9 nitrogen and oxygen atoms in total. The number of hydrogen-bond donors (Lipinski definition) is 5. The van der Waals surface area contributed by atoms with Gasteiger partial charge in [0.25, 0.3) is 0 Å². The van der Waals surface area contributed by atoms with Gasteiger partial charge in [0.05, 0.1) is 12.4 Å². The first-order chi connectivity index (χ1) is 7.70. The zero-order chi connectivity index (χ0) is 13.2. The van der Waals surface area contributed by atoms with Crippen molar-refractivity contribution in [1.29, 1.82) is 0 Å². The second-order valence-corrected chi connectivity index (χ2v) is 4.84. The molecule has 1 fully saturated rings. The highest BCUT2D eigenvalue weighted by Crippen LogP contribution is 2.37. The first-order valence-corrected chi connectivity index (χ1v) is 6.25. The molecule has 0 bridgehead atoms. The Morgan fingerprint density at radius 2 is 2.06 bits per heavy atom. The quantitative estimate of drug-likeness (QED) is 0.221. The van der Waals surface area contributed by atoms with Crippen molar-refractivity contribution >= 4 is 13.7 Å². The maximum atomic E-state index is 10.5. The third kappa shape index (κ3) is 4.32. The lowest BCUT2D eigenvalue weighted by molar-refractivity contribution is -0.0190. The van der Waals surface area contributed by atoms with Gasteiger partial charge in [0.1, 0.15) is 18.3 Å². The minimum absolute atomic E-state index is 0.151. The number of amidine groups is 1. The first-order valence-electron chi connectivity index (χ1n) is 4.72. The van der Waals surface area contributed by atoms with Gasteiger partial charge < -0.3 is 30.5 Å². The van der Waals surface area contributed by atoms with E-state index in [9.17, 15) is 14.8 Å². The molecule has 0 saturated carbocycles. The maximum absolute atomic E-state index is 10.5. The number of aliphatic hydroxyl groups excluding tert-OH is 2. The highest BCUT2D eigenvalue weighted by Gasteiger charge is 2.43. The molecule has 6 N–H and O–H groups in total. The summed E-state index contributed by atoms with van der Waals surface area (Å²) < 4.78 is 19.7. The second-order valence-electron chi connectivity index (χ2n) is 3.60. The molecule has 0 amide bonds. The summed E-state index contributed by atoms with van der Waals surface area (Å²) in [6.07, 6.45) is -4.82. The Bertz CT molecular complexity index is 339. The first kappa shape index (κ1) is 14.5. The molecule has 0 unspecified atom stereocenters. The summed E-state index contributed by atoms with van der Waals surface area (Å²) in [6.45, 7) is 0.917. The topological polar surface area (TPSA) is 155 Å². The van der Waals surface area contributed by atoms with Crippen molar-refractivity contribution in [3.63, 3.8) is 0 Å². The Balaban J connectivity index is 2.60. The summed E-state index contributed by atoms with van der Waals surface area (Å²) in [5, 5.41) is 19.0. The summed E-state index contributed by atoms with van der Waals surface area (Å²) in [7, 11) is -4.64. The van der Waals surface area contributed by atoms with E-state index in [4.69, 9.17) is 20.3 Å². The number of rotatable bonds is 4. The molecule has 1 aliphatic rings. The van der Waals surface area contributed by atoms with Crippen LogP contribution in [0.3, 0.4) is 0 Å². The minimum Gasteiger partial charge on any atom is -0.388 e. The fourth-order valence-electron chi connectivity index (χ4n) is 1.34. The molecule has 1 rings (SSSR count). The van der Waals surface area contributed by atoms with Gasteiger partial charge in [0.2, 0.25) is 0 Å². The number of ether oxygens (including phenoxy) is 1. The Labute approximate surface area is 97.1 Å². The van der Waals surface area contributed by atoms with Crippen LogP contribution in [0, 0.1) is 0 Å². The lowest BCUT2D eigenvalue weighted by atomic mass is 10.1. The Kier molecular flexibility index (Phi) is 4.62. The molecule has 10 heteroatoms. The van der Waals surface area contributed by atoms with Gasteiger partial charge in [-0.3, -0.25) is 4.52 Å². The van der Waals surface area contributed by atoms with Gasteiger partial charge in [-0.25, -0.2) is 9.56 Å². The summed E-state index contributed by atoms with van der Waals surface area (Å²) in [5.41, 5.74) is 5.29. The van der Waals surface area contributed by atoms with E-state index in [-0.39, 0.29) is 5.84 Å². The molecule has 1 heterocycles. The molecule has 1 saturated heterocycles. The predicted octanol–water partition coefficient (Wildman–Crippen LogP) is -2.08. The number of phosphoric ester groups is 1. The average molecular weight is 270 g/mol.